The minimum atomic E-state index is 0.00881. The van der Waals surface area contributed by atoms with Crippen LogP contribution in [0.4, 0.5) is 0 Å². The molecule has 4 rings (SSSR count). The molecule has 1 fully saturated rings. The molecule has 1 aliphatic heterocycles. The lowest BCUT2D eigenvalue weighted by molar-refractivity contribution is -1.02. The van der Waals surface area contributed by atoms with Gasteiger partial charge in [-0.2, -0.15) is 0 Å². The molecule has 1 aromatic heterocycles. The van der Waals surface area contributed by atoms with Gasteiger partial charge in [0, 0.05) is 11.6 Å². The number of aromatic amines is 1. The predicted octanol–water partition coefficient (Wildman–Crippen LogP) is 0.524. The van der Waals surface area contributed by atoms with Gasteiger partial charge in [0.1, 0.15) is 38.0 Å². The molecule has 28 heavy (non-hydrogen) atoms. The summed E-state index contributed by atoms with van der Waals surface area (Å²) in [4.78, 5) is 6.16. The van der Waals surface area contributed by atoms with Crippen LogP contribution in [0.25, 0.3) is 10.9 Å². The molecule has 1 saturated heterocycles. The fraction of sp³-hybridized carbons (Fsp3) is 0.318. The summed E-state index contributed by atoms with van der Waals surface area (Å²) in [6, 6.07) is 13.9. The van der Waals surface area contributed by atoms with Crippen molar-refractivity contribution in [1.82, 2.24) is 0 Å². The van der Waals surface area contributed by atoms with Gasteiger partial charge >= 0.3 is 0 Å². The van der Waals surface area contributed by atoms with E-state index in [2.05, 4.69) is 24.2 Å². The van der Waals surface area contributed by atoms with Gasteiger partial charge in [-0.05, 0) is 36.4 Å². The van der Waals surface area contributed by atoms with Crippen LogP contribution >= 0.6 is 11.6 Å². The molecule has 3 aromatic rings. The van der Waals surface area contributed by atoms with E-state index in [0.717, 1.165) is 48.4 Å². The van der Waals surface area contributed by atoms with Gasteiger partial charge in [0.2, 0.25) is 0 Å². The zero-order valence-corrected chi connectivity index (χ0v) is 17.0. The zero-order valence-electron chi connectivity index (χ0n) is 16.3. The molecule has 4 N–H and O–H groups in total. The molecule has 5 nitrogen and oxygen atoms in total. The van der Waals surface area contributed by atoms with E-state index in [1.165, 1.54) is 4.90 Å². The maximum Gasteiger partial charge on any atom is 0.255 e. The number of quaternary nitrogens is 2. The third-order valence-electron chi connectivity index (χ3n) is 5.82. The van der Waals surface area contributed by atoms with Crippen molar-refractivity contribution in [2.24, 2.45) is 0 Å². The summed E-state index contributed by atoms with van der Waals surface area (Å²) in [5, 5.41) is 12.6. The fourth-order valence-electron chi connectivity index (χ4n) is 4.20. The van der Waals surface area contributed by atoms with E-state index in [9.17, 15) is 5.11 Å². The molecule has 2 aromatic carbocycles. The molecule has 0 spiro atoms. The number of likely N-dealkylation sites (N-methyl/N-ethyl adjacent to an activating group) is 1. The molecule has 0 bridgehead atoms. The fourth-order valence-corrected chi connectivity index (χ4v) is 4.47. The van der Waals surface area contributed by atoms with E-state index in [0.29, 0.717) is 10.5 Å². The van der Waals surface area contributed by atoms with Crippen molar-refractivity contribution in [3.63, 3.8) is 0 Å². The SMILES string of the molecule is COc1ccc(C(c2cc(Cl)c3ccc[nH+]c3c2O)[NH+]2CC[NH+](C)CC2)cc1. The Bertz CT molecular complexity index is 969. The lowest BCUT2D eigenvalue weighted by atomic mass is 9.94. The maximum absolute atomic E-state index is 11.2. The van der Waals surface area contributed by atoms with Crippen molar-refractivity contribution >= 4 is 22.5 Å². The molecular weight excluding hydrogens is 374 g/mol. The minimum absolute atomic E-state index is 0.00881. The second kappa shape index (κ2) is 7.95. The molecule has 6 heteroatoms. The number of hydrogen-bond acceptors (Lipinski definition) is 2. The molecule has 1 unspecified atom stereocenters. The van der Waals surface area contributed by atoms with Crippen molar-refractivity contribution in [3.8, 4) is 11.5 Å². The number of aromatic hydroxyl groups is 1. The summed E-state index contributed by atoms with van der Waals surface area (Å²) < 4.78 is 5.33. The van der Waals surface area contributed by atoms with Gasteiger partial charge in [-0.3, -0.25) is 0 Å². The monoisotopic (exact) mass is 400 g/mol. The number of H-pyrrole nitrogens is 1. The van der Waals surface area contributed by atoms with E-state index in [1.54, 1.807) is 12.0 Å². The average Bonchev–Trinajstić information content (AvgIpc) is 2.73. The minimum Gasteiger partial charge on any atom is -0.502 e. The predicted molar refractivity (Wildman–Crippen MR) is 109 cm³/mol. The lowest BCUT2D eigenvalue weighted by Crippen LogP contribution is -3.27. The van der Waals surface area contributed by atoms with E-state index in [1.807, 2.05) is 36.5 Å². The highest BCUT2D eigenvalue weighted by Crippen LogP contribution is 2.36. The van der Waals surface area contributed by atoms with Crippen molar-refractivity contribution < 1.29 is 24.6 Å². The molecule has 0 aliphatic carbocycles. The Kier molecular flexibility index (Phi) is 5.40. The smallest absolute Gasteiger partial charge is 0.255 e. The van der Waals surface area contributed by atoms with Crippen molar-refractivity contribution in [3.05, 3.63) is 64.8 Å². The first kappa shape index (κ1) is 19.0. The first-order valence-electron chi connectivity index (χ1n) is 9.70. The number of piperazine rings is 1. The number of halogens is 1. The molecule has 0 amide bonds. The maximum atomic E-state index is 11.2. The molecule has 146 valence electrons. The summed E-state index contributed by atoms with van der Waals surface area (Å²) in [6.07, 6.45) is 1.82. The summed E-state index contributed by atoms with van der Waals surface area (Å²) in [5.74, 6) is 1.11. The molecule has 1 atom stereocenters. The number of rotatable bonds is 4. The zero-order chi connectivity index (χ0) is 19.7. The third kappa shape index (κ3) is 3.53. The lowest BCUT2D eigenvalue weighted by Gasteiger charge is -2.34. The Balaban J connectivity index is 1.85. The quantitative estimate of drug-likeness (QED) is 0.598. The number of phenols is 1. The number of pyridine rings is 1. The van der Waals surface area contributed by atoms with Gasteiger partial charge in [0.05, 0.1) is 30.1 Å². The van der Waals surface area contributed by atoms with Crippen LogP contribution in [0.2, 0.25) is 5.02 Å². The first-order chi connectivity index (χ1) is 13.6. The van der Waals surface area contributed by atoms with Crippen molar-refractivity contribution in [2.45, 2.75) is 6.04 Å². The van der Waals surface area contributed by atoms with Gasteiger partial charge in [0.25, 0.3) is 5.52 Å². The summed E-state index contributed by atoms with van der Waals surface area (Å²) in [5.41, 5.74) is 2.69. The average molecular weight is 401 g/mol. The summed E-state index contributed by atoms with van der Waals surface area (Å²) in [6.45, 7) is 4.29. The van der Waals surface area contributed by atoms with Gasteiger partial charge in [0.15, 0.2) is 11.9 Å². The van der Waals surface area contributed by atoms with Crippen LogP contribution in [0.3, 0.4) is 0 Å². The third-order valence-corrected chi connectivity index (χ3v) is 6.13. The number of benzene rings is 2. The van der Waals surface area contributed by atoms with Crippen LogP contribution in [0.15, 0.2) is 48.7 Å². The highest BCUT2D eigenvalue weighted by atomic mass is 35.5. The Morgan fingerprint density at radius 1 is 1.11 bits per heavy atom. The first-order valence-corrected chi connectivity index (χ1v) is 10.1. The highest BCUT2D eigenvalue weighted by Gasteiger charge is 2.34. The van der Waals surface area contributed by atoms with Crippen molar-refractivity contribution in [2.75, 3.05) is 40.3 Å². The number of aromatic nitrogens is 1. The van der Waals surface area contributed by atoms with Gasteiger partial charge < -0.3 is 19.6 Å². The van der Waals surface area contributed by atoms with Crippen LogP contribution in [-0.2, 0) is 0 Å². The summed E-state index contributed by atoms with van der Waals surface area (Å²) >= 11 is 6.61. The van der Waals surface area contributed by atoms with Crippen LogP contribution in [0.5, 0.6) is 11.5 Å². The standard InChI is InChI=1S/C22H24ClN3O2/c1-25-10-12-26(13-11-25)21(15-5-7-16(28-2)8-6-15)18-14-19(23)17-4-3-9-24-20(17)22(18)27/h3-9,14,21,27H,10-13H2,1-2H3/p+3. The van der Waals surface area contributed by atoms with E-state index >= 15 is 0 Å². The Labute approximate surface area is 170 Å². The number of nitrogens with one attached hydrogen (secondary N) is 3. The Morgan fingerprint density at radius 2 is 1.82 bits per heavy atom. The van der Waals surface area contributed by atoms with E-state index < -0.39 is 0 Å². The van der Waals surface area contributed by atoms with Crippen molar-refractivity contribution in [1.29, 1.82) is 0 Å². The number of phenolic OH excluding ortho intramolecular Hbond substituents is 1. The number of ether oxygens (including phenoxy) is 1. The summed E-state index contributed by atoms with van der Waals surface area (Å²) in [7, 11) is 3.91. The van der Waals surface area contributed by atoms with Crippen LogP contribution < -0.4 is 19.5 Å². The molecule has 1 aliphatic rings. The Morgan fingerprint density at radius 3 is 2.50 bits per heavy atom. The molecule has 0 saturated carbocycles. The van der Waals surface area contributed by atoms with Crippen LogP contribution in [0.1, 0.15) is 17.2 Å². The van der Waals surface area contributed by atoms with Gasteiger partial charge in [-0.15, -0.1) is 0 Å². The number of fused-ring (bicyclic) bond motifs is 1. The van der Waals surface area contributed by atoms with Gasteiger partial charge in [-0.25, -0.2) is 4.98 Å². The second-order valence-electron chi connectivity index (χ2n) is 7.58. The molecule has 2 heterocycles. The number of hydrogen-bond donors (Lipinski definition) is 3. The topological polar surface area (TPSA) is 52.5 Å². The van der Waals surface area contributed by atoms with Crippen LogP contribution in [-0.4, -0.2) is 45.4 Å². The normalized spacial score (nSPS) is 20.8. The molecule has 0 radical (unpaired) electrons. The molecular formula is C22H27ClN3O2+3. The van der Waals surface area contributed by atoms with E-state index in [4.69, 9.17) is 16.3 Å². The highest BCUT2D eigenvalue weighted by molar-refractivity contribution is 6.35. The van der Waals surface area contributed by atoms with Crippen LogP contribution in [0, 0.1) is 0 Å². The number of methoxy groups -OCH3 is 1. The van der Waals surface area contributed by atoms with Gasteiger partial charge in [-0.1, -0.05) is 11.6 Å². The second-order valence-corrected chi connectivity index (χ2v) is 7.98. The largest absolute Gasteiger partial charge is 0.502 e. The Hall–Kier alpha value is -2.34. The van der Waals surface area contributed by atoms with E-state index in [-0.39, 0.29) is 11.8 Å².